The van der Waals surface area contributed by atoms with Gasteiger partial charge in [0.25, 0.3) is 0 Å². The van der Waals surface area contributed by atoms with Crippen LogP contribution in [0.2, 0.25) is 5.02 Å². The van der Waals surface area contributed by atoms with Gasteiger partial charge in [-0.05, 0) is 75.6 Å². The highest BCUT2D eigenvalue weighted by molar-refractivity contribution is 9.10. The highest BCUT2D eigenvalue weighted by Crippen LogP contribution is 2.46. The number of hydrogen-bond donors (Lipinski definition) is 0. The molecule has 226 valence electrons. The van der Waals surface area contributed by atoms with Crippen molar-refractivity contribution in [3.63, 3.8) is 0 Å². The third-order valence-electron chi connectivity index (χ3n) is 7.70. The fraction of sp³-hybridized carbons (Fsp3) is 0.667. The average Bonchev–Trinajstić information content (AvgIpc) is 3.47. The van der Waals surface area contributed by atoms with Crippen molar-refractivity contribution in [1.29, 1.82) is 0 Å². The summed E-state index contributed by atoms with van der Waals surface area (Å²) in [4.78, 5) is 27.7. The van der Waals surface area contributed by atoms with Gasteiger partial charge in [-0.1, -0.05) is 11.6 Å². The Morgan fingerprint density at radius 1 is 1.17 bits per heavy atom. The van der Waals surface area contributed by atoms with Gasteiger partial charge in [-0.3, -0.25) is 0 Å². The molecule has 41 heavy (non-hydrogen) atoms. The highest BCUT2D eigenvalue weighted by Gasteiger charge is 2.51. The SMILES string of the molecule is CN1CCC[C@H]1COc1nc(N2CCC3(CN(C(=O)OC(C)(C)C)C3)C2)c2cc(Cl)c(Br)c(OCC(F)(F)F)c2n1. The number of carbonyl (C=O) groups is 1. The number of nitrogens with zero attached hydrogens (tertiary/aromatic N) is 5. The van der Waals surface area contributed by atoms with E-state index in [2.05, 4.69) is 30.7 Å². The van der Waals surface area contributed by atoms with Crippen molar-refractivity contribution in [2.45, 2.75) is 57.9 Å². The zero-order valence-corrected chi connectivity index (χ0v) is 25.8. The third-order valence-corrected chi connectivity index (χ3v) is 9.01. The maximum absolute atomic E-state index is 13.1. The van der Waals surface area contributed by atoms with E-state index in [-0.39, 0.29) is 44.3 Å². The predicted octanol–water partition coefficient (Wildman–Crippen LogP) is 5.91. The van der Waals surface area contributed by atoms with Crippen molar-refractivity contribution in [1.82, 2.24) is 19.8 Å². The number of rotatable bonds is 6. The summed E-state index contributed by atoms with van der Waals surface area (Å²) in [5.41, 5.74) is -0.545. The fourth-order valence-corrected chi connectivity index (χ4v) is 6.30. The maximum Gasteiger partial charge on any atom is 0.422 e. The molecule has 0 saturated carbocycles. The molecule has 1 aromatic carbocycles. The molecular weight excluding hydrogens is 631 g/mol. The van der Waals surface area contributed by atoms with E-state index in [1.165, 1.54) is 0 Å². The fourth-order valence-electron chi connectivity index (χ4n) is 5.69. The summed E-state index contributed by atoms with van der Waals surface area (Å²) >= 11 is 9.74. The number of ether oxygens (including phenoxy) is 3. The Balaban J connectivity index is 1.45. The molecule has 1 aromatic heterocycles. The first kappa shape index (κ1) is 30.2. The molecule has 3 saturated heterocycles. The summed E-state index contributed by atoms with van der Waals surface area (Å²) in [6.07, 6.45) is -2.05. The van der Waals surface area contributed by atoms with E-state index in [9.17, 15) is 18.0 Å². The summed E-state index contributed by atoms with van der Waals surface area (Å²) < 4.78 is 56.4. The number of aromatic nitrogens is 2. The largest absolute Gasteiger partial charge is 0.481 e. The van der Waals surface area contributed by atoms with Gasteiger partial charge in [0.15, 0.2) is 12.4 Å². The summed E-state index contributed by atoms with van der Waals surface area (Å²) in [6.45, 7) is 7.63. The summed E-state index contributed by atoms with van der Waals surface area (Å²) in [6, 6.07) is 1.88. The minimum absolute atomic E-state index is 0.0591. The first-order valence-corrected chi connectivity index (χ1v) is 14.8. The molecule has 3 fully saturated rings. The Bertz CT molecular complexity index is 1320. The van der Waals surface area contributed by atoms with Crippen LogP contribution in [0.4, 0.5) is 23.8 Å². The van der Waals surface area contributed by atoms with Crippen LogP contribution in [0, 0.1) is 5.41 Å². The second-order valence-electron chi connectivity index (χ2n) is 12.2. The van der Waals surface area contributed by atoms with Crippen molar-refractivity contribution in [3.8, 4) is 11.8 Å². The van der Waals surface area contributed by atoms with Gasteiger partial charge in [-0.25, -0.2) is 4.79 Å². The maximum atomic E-state index is 13.1. The molecule has 0 bridgehead atoms. The lowest BCUT2D eigenvalue weighted by molar-refractivity contribution is -0.153. The third kappa shape index (κ3) is 6.72. The lowest BCUT2D eigenvalue weighted by atomic mass is 9.79. The van der Waals surface area contributed by atoms with E-state index in [0.717, 1.165) is 25.8 Å². The van der Waals surface area contributed by atoms with Gasteiger partial charge in [-0.2, -0.15) is 23.1 Å². The summed E-state index contributed by atoms with van der Waals surface area (Å²) in [5.74, 6) is 0.383. The van der Waals surface area contributed by atoms with E-state index in [1.807, 2.05) is 27.8 Å². The van der Waals surface area contributed by atoms with E-state index < -0.39 is 18.4 Å². The number of likely N-dealkylation sites (N-methyl/N-ethyl adjacent to an activating group) is 1. The number of alkyl halides is 3. The van der Waals surface area contributed by atoms with E-state index in [4.69, 9.17) is 30.8 Å². The smallest absolute Gasteiger partial charge is 0.422 e. The lowest BCUT2D eigenvalue weighted by Crippen LogP contribution is -2.60. The molecule has 5 rings (SSSR count). The highest BCUT2D eigenvalue weighted by atomic mass is 79.9. The number of benzene rings is 1. The molecule has 4 heterocycles. The Hall–Kier alpha value is -2.25. The van der Waals surface area contributed by atoms with Crippen LogP contribution in [0.3, 0.4) is 0 Å². The molecule has 1 atom stereocenters. The molecule has 3 aliphatic rings. The number of amides is 1. The van der Waals surface area contributed by atoms with Crippen molar-refractivity contribution in [2.75, 3.05) is 57.9 Å². The van der Waals surface area contributed by atoms with Crippen molar-refractivity contribution >= 4 is 50.3 Å². The van der Waals surface area contributed by atoms with Gasteiger partial charge in [-0.15, -0.1) is 0 Å². The van der Waals surface area contributed by atoms with Crippen molar-refractivity contribution < 1.29 is 32.2 Å². The molecule has 1 spiro atoms. The van der Waals surface area contributed by atoms with Gasteiger partial charge >= 0.3 is 18.3 Å². The standard InChI is InChI=1S/C27H34BrClF3N5O4/c1-25(2,3)41-24(38)37-13-26(14-37)7-9-36(12-26)22-17-10-18(29)19(28)21(40-15-27(30,31)32)20(17)33-23(34-22)39-11-16-6-5-8-35(16)4/h10,16H,5-9,11-15H2,1-4H3/t16-/m0/s1. The molecule has 0 radical (unpaired) electrons. The lowest BCUT2D eigenvalue weighted by Gasteiger charge is -2.47. The molecule has 14 heteroatoms. The Labute approximate surface area is 250 Å². The molecule has 3 aliphatic heterocycles. The van der Waals surface area contributed by atoms with Crippen molar-refractivity contribution in [3.05, 3.63) is 15.6 Å². The number of carbonyl (C=O) groups excluding carboxylic acids is 1. The Morgan fingerprint density at radius 3 is 2.54 bits per heavy atom. The monoisotopic (exact) mass is 663 g/mol. The van der Waals surface area contributed by atoms with Crippen molar-refractivity contribution in [2.24, 2.45) is 5.41 Å². The number of fused-ring (bicyclic) bond motifs is 1. The number of halogens is 5. The second kappa shape index (κ2) is 11.1. The molecular formula is C27H34BrClF3N5O4. The van der Waals surface area contributed by atoms with Gasteiger partial charge in [0.2, 0.25) is 0 Å². The van der Waals surface area contributed by atoms with Crippen LogP contribution in [-0.2, 0) is 4.74 Å². The molecule has 0 aliphatic carbocycles. The molecule has 0 unspecified atom stereocenters. The molecule has 0 N–H and O–H groups in total. The minimum Gasteiger partial charge on any atom is -0.481 e. The van der Waals surface area contributed by atoms with Gasteiger partial charge in [0.05, 0.1) is 9.50 Å². The molecule has 2 aromatic rings. The van der Waals surface area contributed by atoms with E-state index in [0.29, 0.717) is 44.0 Å². The van der Waals surface area contributed by atoms with Crippen LogP contribution in [0.15, 0.2) is 10.5 Å². The first-order valence-electron chi connectivity index (χ1n) is 13.6. The van der Waals surface area contributed by atoms with Crippen LogP contribution < -0.4 is 14.4 Å². The summed E-state index contributed by atoms with van der Waals surface area (Å²) in [7, 11) is 2.03. The van der Waals surface area contributed by atoms with Gasteiger partial charge in [0.1, 0.15) is 23.5 Å². The zero-order chi connectivity index (χ0) is 29.7. The van der Waals surface area contributed by atoms with Crippen LogP contribution in [0.5, 0.6) is 11.8 Å². The van der Waals surface area contributed by atoms with Crippen LogP contribution in [0.1, 0.15) is 40.0 Å². The average molecular weight is 665 g/mol. The Kier molecular flexibility index (Phi) is 8.19. The minimum atomic E-state index is -4.55. The van der Waals surface area contributed by atoms with Crippen LogP contribution in [-0.4, -0.2) is 96.7 Å². The van der Waals surface area contributed by atoms with Crippen LogP contribution in [0.25, 0.3) is 10.9 Å². The number of hydrogen-bond acceptors (Lipinski definition) is 8. The topological polar surface area (TPSA) is 80.3 Å². The number of anilines is 1. The van der Waals surface area contributed by atoms with E-state index >= 15 is 0 Å². The molecule has 9 nitrogen and oxygen atoms in total. The second-order valence-corrected chi connectivity index (χ2v) is 13.4. The normalized spacial score (nSPS) is 21.0. The van der Waals surface area contributed by atoms with Crippen LogP contribution >= 0.6 is 27.5 Å². The zero-order valence-electron chi connectivity index (χ0n) is 23.5. The predicted molar refractivity (Wildman–Crippen MR) is 152 cm³/mol. The molecule has 1 amide bonds. The first-order chi connectivity index (χ1) is 19.1. The Morgan fingerprint density at radius 2 is 1.90 bits per heavy atom. The van der Waals surface area contributed by atoms with Gasteiger partial charge < -0.3 is 28.9 Å². The number of likely N-dealkylation sites (tertiary alicyclic amines) is 2. The summed E-state index contributed by atoms with van der Waals surface area (Å²) in [5, 5.41) is 0.635. The van der Waals surface area contributed by atoms with E-state index in [1.54, 1.807) is 11.0 Å². The quantitative estimate of drug-likeness (QED) is 0.378. The van der Waals surface area contributed by atoms with Gasteiger partial charge in [0, 0.05) is 43.0 Å².